The van der Waals surface area contributed by atoms with Gasteiger partial charge in [-0.05, 0) is 25.2 Å². The van der Waals surface area contributed by atoms with E-state index >= 15 is 0 Å². The molecule has 1 rings (SSSR count). The Labute approximate surface area is 97.4 Å². The summed E-state index contributed by atoms with van der Waals surface area (Å²) in [6.45, 7) is 3.73. The molecule has 0 aliphatic carbocycles. The van der Waals surface area contributed by atoms with Gasteiger partial charge >= 0.3 is 0 Å². The third-order valence-electron chi connectivity index (χ3n) is 3.14. The summed E-state index contributed by atoms with van der Waals surface area (Å²) in [5.41, 5.74) is 0. The number of ether oxygens (including phenoxy) is 1. The van der Waals surface area contributed by atoms with Crippen LogP contribution in [0.15, 0.2) is 0 Å². The summed E-state index contributed by atoms with van der Waals surface area (Å²) in [7, 11) is 0. The van der Waals surface area contributed by atoms with Crippen molar-refractivity contribution in [1.82, 2.24) is 5.32 Å². The Morgan fingerprint density at radius 3 is 3.00 bits per heavy atom. The van der Waals surface area contributed by atoms with Crippen molar-refractivity contribution in [2.75, 3.05) is 19.8 Å². The van der Waals surface area contributed by atoms with Gasteiger partial charge in [-0.1, -0.05) is 13.3 Å². The molecule has 1 amide bonds. The second-order valence-corrected chi connectivity index (χ2v) is 4.43. The van der Waals surface area contributed by atoms with Crippen LogP contribution in [0.5, 0.6) is 0 Å². The van der Waals surface area contributed by atoms with Crippen molar-refractivity contribution < 1.29 is 14.6 Å². The van der Waals surface area contributed by atoms with E-state index in [1.165, 1.54) is 0 Å². The molecule has 0 aromatic rings. The third-order valence-corrected chi connectivity index (χ3v) is 3.14. The van der Waals surface area contributed by atoms with Crippen LogP contribution in [-0.4, -0.2) is 36.9 Å². The molecule has 1 aliphatic heterocycles. The first-order valence-corrected chi connectivity index (χ1v) is 6.25. The van der Waals surface area contributed by atoms with Gasteiger partial charge in [-0.3, -0.25) is 4.79 Å². The van der Waals surface area contributed by atoms with Gasteiger partial charge in [-0.25, -0.2) is 0 Å². The molecule has 1 saturated heterocycles. The van der Waals surface area contributed by atoms with Crippen LogP contribution in [0.3, 0.4) is 0 Å². The van der Waals surface area contributed by atoms with Gasteiger partial charge in [-0.15, -0.1) is 0 Å². The monoisotopic (exact) mass is 229 g/mol. The maximum atomic E-state index is 11.6. The highest BCUT2D eigenvalue weighted by atomic mass is 16.5. The lowest BCUT2D eigenvalue weighted by Gasteiger charge is -2.15. The van der Waals surface area contributed by atoms with E-state index < -0.39 is 0 Å². The smallest absolute Gasteiger partial charge is 0.222 e. The summed E-state index contributed by atoms with van der Waals surface area (Å²) < 4.78 is 5.40. The van der Waals surface area contributed by atoms with Crippen LogP contribution in [0.1, 0.15) is 39.0 Å². The van der Waals surface area contributed by atoms with E-state index in [0.717, 1.165) is 32.3 Å². The molecule has 0 spiro atoms. The minimum absolute atomic E-state index is 0.0725. The Bertz CT molecular complexity index is 202. The summed E-state index contributed by atoms with van der Waals surface area (Å²) in [5.74, 6) is 0.460. The number of amides is 1. The Kier molecular flexibility index (Phi) is 6.42. The van der Waals surface area contributed by atoms with Gasteiger partial charge in [0, 0.05) is 19.8 Å². The molecule has 0 radical (unpaired) electrons. The zero-order chi connectivity index (χ0) is 11.8. The molecule has 0 aromatic heterocycles. The SMILES string of the molecule is CCC(CCO)CNC(=O)CC1CCCO1. The summed E-state index contributed by atoms with van der Waals surface area (Å²) >= 11 is 0. The Hall–Kier alpha value is -0.610. The Balaban J connectivity index is 2.12. The maximum Gasteiger partial charge on any atom is 0.222 e. The van der Waals surface area contributed by atoms with Crippen molar-refractivity contribution in [3.63, 3.8) is 0 Å². The fraction of sp³-hybridized carbons (Fsp3) is 0.917. The van der Waals surface area contributed by atoms with Crippen molar-refractivity contribution in [3.05, 3.63) is 0 Å². The zero-order valence-corrected chi connectivity index (χ0v) is 10.1. The topological polar surface area (TPSA) is 58.6 Å². The van der Waals surface area contributed by atoms with E-state index in [1.807, 2.05) is 0 Å². The fourth-order valence-electron chi connectivity index (χ4n) is 1.98. The number of hydrogen-bond donors (Lipinski definition) is 2. The Morgan fingerprint density at radius 2 is 2.44 bits per heavy atom. The lowest BCUT2D eigenvalue weighted by atomic mass is 10.0. The van der Waals surface area contributed by atoms with E-state index in [4.69, 9.17) is 9.84 Å². The second-order valence-electron chi connectivity index (χ2n) is 4.43. The normalized spacial score (nSPS) is 22.0. The quantitative estimate of drug-likeness (QED) is 0.687. The predicted octanol–water partition coefficient (Wildman–Crippen LogP) is 1.08. The number of rotatable bonds is 7. The fourth-order valence-corrected chi connectivity index (χ4v) is 1.98. The molecule has 0 saturated carbocycles. The number of aliphatic hydroxyl groups is 1. The van der Waals surface area contributed by atoms with Crippen LogP contribution in [0.25, 0.3) is 0 Å². The molecule has 16 heavy (non-hydrogen) atoms. The van der Waals surface area contributed by atoms with E-state index in [2.05, 4.69) is 12.2 Å². The molecular formula is C12H23NO3. The lowest BCUT2D eigenvalue weighted by Crippen LogP contribution is -2.31. The lowest BCUT2D eigenvalue weighted by molar-refractivity contribution is -0.123. The van der Waals surface area contributed by atoms with E-state index in [-0.39, 0.29) is 18.6 Å². The van der Waals surface area contributed by atoms with Crippen LogP contribution in [0.2, 0.25) is 0 Å². The first-order chi connectivity index (χ1) is 7.76. The van der Waals surface area contributed by atoms with Crippen molar-refractivity contribution in [1.29, 1.82) is 0 Å². The molecular weight excluding hydrogens is 206 g/mol. The van der Waals surface area contributed by atoms with Crippen molar-refractivity contribution in [2.45, 2.75) is 45.1 Å². The first kappa shape index (κ1) is 13.5. The van der Waals surface area contributed by atoms with Gasteiger partial charge < -0.3 is 15.2 Å². The highest BCUT2D eigenvalue weighted by molar-refractivity contribution is 5.76. The van der Waals surface area contributed by atoms with Crippen LogP contribution >= 0.6 is 0 Å². The van der Waals surface area contributed by atoms with Gasteiger partial charge in [0.25, 0.3) is 0 Å². The molecule has 0 bridgehead atoms. The van der Waals surface area contributed by atoms with E-state index in [1.54, 1.807) is 0 Å². The molecule has 1 fully saturated rings. The molecule has 2 N–H and O–H groups in total. The predicted molar refractivity (Wildman–Crippen MR) is 62.1 cm³/mol. The standard InChI is InChI=1S/C12H23NO3/c1-2-10(5-6-14)9-13-12(15)8-11-4-3-7-16-11/h10-11,14H,2-9H2,1H3,(H,13,15). The molecule has 1 heterocycles. The summed E-state index contributed by atoms with van der Waals surface area (Å²) in [4.78, 5) is 11.6. The van der Waals surface area contributed by atoms with Gasteiger partial charge in [0.05, 0.1) is 12.5 Å². The van der Waals surface area contributed by atoms with Crippen LogP contribution in [0, 0.1) is 5.92 Å². The highest BCUT2D eigenvalue weighted by Gasteiger charge is 2.19. The average molecular weight is 229 g/mol. The van der Waals surface area contributed by atoms with Gasteiger partial charge in [0.2, 0.25) is 5.91 Å². The number of nitrogens with one attached hydrogen (secondary N) is 1. The number of carbonyl (C=O) groups is 1. The van der Waals surface area contributed by atoms with Gasteiger partial charge in [-0.2, -0.15) is 0 Å². The maximum absolute atomic E-state index is 11.6. The average Bonchev–Trinajstić information content (AvgIpc) is 2.76. The van der Waals surface area contributed by atoms with Gasteiger partial charge in [0.1, 0.15) is 0 Å². The van der Waals surface area contributed by atoms with Crippen LogP contribution in [0.4, 0.5) is 0 Å². The van der Waals surface area contributed by atoms with Crippen molar-refractivity contribution >= 4 is 5.91 Å². The molecule has 4 heteroatoms. The zero-order valence-electron chi connectivity index (χ0n) is 10.1. The molecule has 2 atom stereocenters. The number of aliphatic hydroxyl groups excluding tert-OH is 1. The highest BCUT2D eigenvalue weighted by Crippen LogP contribution is 2.15. The minimum Gasteiger partial charge on any atom is -0.396 e. The van der Waals surface area contributed by atoms with Crippen LogP contribution in [-0.2, 0) is 9.53 Å². The molecule has 94 valence electrons. The van der Waals surface area contributed by atoms with Crippen molar-refractivity contribution in [3.8, 4) is 0 Å². The first-order valence-electron chi connectivity index (χ1n) is 6.25. The largest absolute Gasteiger partial charge is 0.396 e. The number of carbonyl (C=O) groups excluding carboxylic acids is 1. The second kappa shape index (κ2) is 7.63. The summed E-state index contributed by atoms with van der Waals surface area (Å²) in [6.07, 6.45) is 4.42. The minimum atomic E-state index is 0.0725. The Morgan fingerprint density at radius 1 is 1.62 bits per heavy atom. The third kappa shape index (κ3) is 4.94. The molecule has 4 nitrogen and oxygen atoms in total. The number of hydrogen-bond acceptors (Lipinski definition) is 3. The van der Waals surface area contributed by atoms with Crippen LogP contribution < -0.4 is 5.32 Å². The molecule has 0 aromatic carbocycles. The molecule has 2 unspecified atom stereocenters. The summed E-state index contributed by atoms with van der Waals surface area (Å²) in [5, 5.41) is 11.7. The summed E-state index contributed by atoms with van der Waals surface area (Å²) in [6, 6.07) is 0. The van der Waals surface area contributed by atoms with Gasteiger partial charge in [0.15, 0.2) is 0 Å². The van der Waals surface area contributed by atoms with Crippen molar-refractivity contribution in [2.24, 2.45) is 5.92 Å². The molecule has 1 aliphatic rings. The van der Waals surface area contributed by atoms with E-state index in [9.17, 15) is 4.79 Å². The van der Waals surface area contributed by atoms with E-state index in [0.29, 0.717) is 18.9 Å².